The molecule has 1 aliphatic rings. The maximum Gasteiger partial charge on any atom is 0.266 e. The van der Waals surface area contributed by atoms with Crippen LogP contribution in [-0.2, 0) is 0 Å². The van der Waals surface area contributed by atoms with Gasteiger partial charge in [-0.3, -0.25) is 4.79 Å². The molecule has 1 saturated heterocycles. The van der Waals surface area contributed by atoms with E-state index in [1.54, 1.807) is 0 Å². The normalized spacial score (nSPS) is 18.1. The van der Waals surface area contributed by atoms with Gasteiger partial charge in [-0.05, 0) is 32.9 Å². The zero-order chi connectivity index (χ0) is 15.2. The Labute approximate surface area is 132 Å². The van der Waals surface area contributed by atoms with Crippen molar-refractivity contribution in [2.75, 3.05) is 24.6 Å². The number of carbonyl (C=O) groups is 1. The summed E-state index contributed by atoms with van der Waals surface area (Å²) in [5.74, 6) is 1.02. The minimum atomic E-state index is 0.0431. The van der Waals surface area contributed by atoms with Gasteiger partial charge in [0.15, 0.2) is 0 Å². The van der Waals surface area contributed by atoms with E-state index >= 15 is 0 Å². The van der Waals surface area contributed by atoms with E-state index in [-0.39, 0.29) is 10.7 Å². The van der Waals surface area contributed by atoms with Crippen molar-refractivity contribution >= 4 is 44.9 Å². The van der Waals surface area contributed by atoms with Crippen LogP contribution in [-0.4, -0.2) is 39.4 Å². The summed E-state index contributed by atoms with van der Waals surface area (Å²) >= 11 is 3.32. The average Bonchev–Trinajstić information content (AvgIpc) is 2.73. The van der Waals surface area contributed by atoms with E-state index < -0.39 is 0 Å². The van der Waals surface area contributed by atoms with Crippen molar-refractivity contribution in [1.82, 2.24) is 9.88 Å². The highest BCUT2D eigenvalue weighted by Gasteiger charge is 2.32. The number of nitrogens with two attached hydrogens (primary N) is 1. The Morgan fingerprint density at radius 3 is 2.90 bits per heavy atom. The van der Waals surface area contributed by atoms with Crippen LogP contribution in [0.2, 0.25) is 0 Å². The highest BCUT2D eigenvalue weighted by atomic mass is 32.2. The van der Waals surface area contributed by atoms with E-state index in [0.717, 1.165) is 34.8 Å². The predicted octanol–water partition coefficient (Wildman–Crippen LogP) is 3.15. The average molecular weight is 321 g/mol. The molecule has 1 fully saturated rings. The highest BCUT2D eigenvalue weighted by molar-refractivity contribution is 8.00. The molecule has 6 heteroatoms. The summed E-state index contributed by atoms with van der Waals surface area (Å²) in [5.41, 5.74) is 7.70. The largest absolute Gasteiger partial charge is 0.397 e. The van der Waals surface area contributed by atoms with Crippen LogP contribution >= 0.6 is 23.1 Å². The molecule has 0 aromatic carbocycles. The lowest BCUT2D eigenvalue weighted by molar-refractivity contribution is 0.0754. The summed E-state index contributed by atoms with van der Waals surface area (Å²) < 4.78 is 0.105. The van der Waals surface area contributed by atoms with Crippen molar-refractivity contribution in [3.8, 4) is 0 Å². The Morgan fingerprint density at radius 2 is 2.19 bits per heavy atom. The number of amides is 1. The van der Waals surface area contributed by atoms with Gasteiger partial charge in [0.25, 0.3) is 5.91 Å². The summed E-state index contributed by atoms with van der Waals surface area (Å²) in [6.07, 6.45) is 0. The maximum absolute atomic E-state index is 12.8. The van der Waals surface area contributed by atoms with Gasteiger partial charge < -0.3 is 10.6 Å². The highest BCUT2D eigenvalue weighted by Crippen LogP contribution is 2.35. The summed E-state index contributed by atoms with van der Waals surface area (Å²) in [7, 11) is 0. The van der Waals surface area contributed by atoms with Crippen molar-refractivity contribution in [3.05, 3.63) is 22.7 Å². The van der Waals surface area contributed by atoms with Crippen molar-refractivity contribution in [2.24, 2.45) is 0 Å². The van der Waals surface area contributed by atoms with Gasteiger partial charge in [-0.2, -0.15) is 11.8 Å². The molecule has 0 bridgehead atoms. The quantitative estimate of drug-likeness (QED) is 0.876. The van der Waals surface area contributed by atoms with Crippen LogP contribution in [0, 0.1) is 6.92 Å². The third-order valence-corrected chi connectivity index (χ3v) is 6.04. The molecule has 3 heterocycles. The molecule has 112 valence electrons. The van der Waals surface area contributed by atoms with Crippen LogP contribution < -0.4 is 5.73 Å². The van der Waals surface area contributed by atoms with Crippen LogP contribution in [0.5, 0.6) is 0 Å². The minimum Gasteiger partial charge on any atom is -0.397 e. The number of carbonyl (C=O) groups excluding carboxylic acids is 1. The first-order valence-corrected chi connectivity index (χ1v) is 8.76. The molecule has 1 amide bonds. The molecule has 0 aliphatic carbocycles. The zero-order valence-corrected chi connectivity index (χ0v) is 14.1. The number of nitrogen functional groups attached to an aromatic ring is 1. The molecule has 3 rings (SSSR count). The lowest BCUT2D eigenvalue weighted by atomic mass is 10.1. The molecule has 2 N–H and O–H groups in total. The number of thiophene rings is 1. The molecule has 0 radical (unpaired) electrons. The SMILES string of the molecule is Cc1ccc2c(N)c(C(=O)N3CCSC(C)(C)C3)sc2n1. The molecule has 4 nitrogen and oxygen atoms in total. The number of hydrogen-bond acceptors (Lipinski definition) is 5. The molecule has 0 atom stereocenters. The second-order valence-electron chi connectivity index (χ2n) is 5.99. The number of thioether (sulfide) groups is 1. The second-order valence-corrected chi connectivity index (χ2v) is 8.79. The molecule has 0 saturated carbocycles. The Balaban J connectivity index is 1.96. The van der Waals surface area contributed by atoms with Crippen molar-refractivity contribution in [2.45, 2.75) is 25.5 Å². The Morgan fingerprint density at radius 1 is 1.43 bits per heavy atom. The third-order valence-electron chi connectivity index (χ3n) is 3.64. The summed E-state index contributed by atoms with van der Waals surface area (Å²) in [5, 5.41) is 0.889. The van der Waals surface area contributed by atoms with Crippen molar-refractivity contribution in [1.29, 1.82) is 0 Å². The fraction of sp³-hybridized carbons (Fsp3) is 0.467. The van der Waals surface area contributed by atoms with Gasteiger partial charge in [-0.1, -0.05) is 0 Å². The maximum atomic E-state index is 12.8. The van der Waals surface area contributed by atoms with Gasteiger partial charge in [0.05, 0.1) is 5.69 Å². The molecule has 1 aliphatic heterocycles. The number of rotatable bonds is 1. The van der Waals surface area contributed by atoms with Gasteiger partial charge in [0.2, 0.25) is 0 Å². The first-order chi connectivity index (χ1) is 9.87. The van der Waals surface area contributed by atoms with Gasteiger partial charge >= 0.3 is 0 Å². The van der Waals surface area contributed by atoms with E-state index in [1.165, 1.54) is 11.3 Å². The standard InChI is InChI=1S/C15H19N3OS2/c1-9-4-5-10-11(16)12(21-13(10)17-9)14(19)18-6-7-20-15(2,3)8-18/h4-5H,6-8,16H2,1-3H3. The smallest absolute Gasteiger partial charge is 0.266 e. The Bertz CT molecular complexity index is 708. The Kier molecular flexibility index (Phi) is 3.61. The fourth-order valence-electron chi connectivity index (χ4n) is 2.58. The minimum absolute atomic E-state index is 0.0431. The van der Waals surface area contributed by atoms with E-state index in [0.29, 0.717) is 10.6 Å². The topological polar surface area (TPSA) is 59.2 Å². The van der Waals surface area contributed by atoms with Crippen LogP contribution in [0.1, 0.15) is 29.2 Å². The Hall–Kier alpha value is -1.27. The van der Waals surface area contributed by atoms with Gasteiger partial charge in [-0.25, -0.2) is 4.98 Å². The number of aryl methyl sites for hydroxylation is 1. The zero-order valence-electron chi connectivity index (χ0n) is 12.5. The number of anilines is 1. The van der Waals surface area contributed by atoms with Crippen molar-refractivity contribution < 1.29 is 4.79 Å². The first kappa shape index (κ1) is 14.7. The van der Waals surface area contributed by atoms with Gasteiger partial charge in [-0.15, -0.1) is 11.3 Å². The molecule has 21 heavy (non-hydrogen) atoms. The number of pyridine rings is 1. The van der Waals surface area contributed by atoms with Gasteiger partial charge in [0, 0.05) is 34.7 Å². The lowest BCUT2D eigenvalue weighted by Crippen LogP contribution is -2.46. The van der Waals surface area contributed by atoms with E-state index in [1.807, 2.05) is 35.7 Å². The number of nitrogens with zero attached hydrogens (tertiary/aromatic N) is 2. The molecule has 2 aromatic rings. The lowest BCUT2D eigenvalue weighted by Gasteiger charge is -2.37. The predicted molar refractivity (Wildman–Crippen MR) is 91.2 cm³/mol. The van der Waals surface area contributed by atoms with Crippen molar-refractivity contribution in [3.63, 3.8) is 0 Å². The molecule has 0 spiro atoms. The summed E-state index contributed by atoms with van der Waals surface area (Å²) in [6, 6.07) is 3.89. The van der Waals surface area contributed by atoms with Crippen LogP contribution in [0.4, 0.5) is 5.69 Å². The van der Waals surface area contributed by atoms with Crippen LogP contribution in [0.15, 0.2) is 12.1 Å². The molecule has 0 unspecified atom stereocenters. The molecular weight excluding hydrogens is 302 g/mol. The number of hydrogen-bond donors (Lipinski definition) is 1. The van der Waals surface area contributed by atoms with E-state index in [9.17, 15) is 4.79 Å². The monoisotopic (exact) mass is 321 g/mol. The third kappa shape index (κ3) is 2.74. The van der Waals surface area contributed by atoms with Crippen LogP contribution in [0.25, 0.3) is 10.2 Å². The van der Waals surface area contributed by atoms with Crippen LogP contribution in [0.3, 0.4) is 0 Å². The summed E-state index contributed by atoms with van der Waals surface area (Å²) in [4.78, 5) is 20.7. The van der Waals surface area contributed by atoms with Gasteiger partial charge in [0.1, 0.15) is 9.71 Å². The second kappa shape index (κ2) is 5.18. The van der Waals surface area contributed by atoms with E-state index in [2.05, 4.69) is 18.8 Å². The number of fused-ring (bicyclic) bond motifs is 1. The first-order valence-electron chi connectivity index (χ1n) is 6.96. The van der Waals surface area contributed by atoms with E-state index in [4.69, 9.17) is 5.73 Å². The fourth-order valence-corrected chi connectivity index (χ4v) is 4.80. The molecular formula is C15H19N3OS2. The summed E-state index contributed by atoms with van der Waals surface area (Å²) in [6.45, 7) is 7.84. The number of aromatic nitrogens is 1. The molecule has 2 aromatic heterocycles.